The fraction of sp³-hybridized carbons (Fsp3) is 0.0800. The summed E-state index contributed by atoms with van der Waals surface area (Å²) in [7, 11) is 0. The minimum absolute atomic E-state index is 0.0899. The van der Waals surface area contributed by atoms with Crippen LogP contribution in [0.25, 0.3) is 32.5 Å². The van der Waals surface area contributed by atoms with Crippen molar-refractivity contribution in [1.82, 2.24) is 4.98 Å². The molecule has 0 saturated heterocycles. The number of anilines is 1. The number of nitrogens with zero attached hydrogens (tertiary/aromatic N) is 1. The van der Waals surface area contributed by atoms with Gasteiger partial charge in [0.2, 0.25) is 0 Å². The van der Waals surface area contributed by atoms with Crippen molar-refractivity contribution in [3.63, 3.8) is 0 Å². The number of amides is 1. The van der Waals surface area contributed by atoms with E-state index in [-0.39, 0.29) is 11.3 Å². The summed E-state index contributed by atoms with van der Waals surface area (Å²) in [4.78, 5) is 29.7. The number of carbonyl (C=O) groups excluding carboxylic acids is 1. The van der Waals surface area contributed by atoms with Crippen LogP contribution in [-0.2, 0) is 0 Å². The Bertz CT molecular complexity index is 1510. The van der Waals surface area contributed by atoms with E-state index >= 15 is 0 Å². The largest absolute Gasteiger partial charge is 0.456 e. The molecule has 0 aliphatic carbocycles. The van der Waals surface area contributed by atoms with Crippen LogP contribution in [0.5, 0.6) is 0 Å². The standard InChI is InChI=1S/C25H18N2O3S/c1-14-6-11-20-18(12-14)19(28)13-21(30-20)16-7-9-17(10-8-16)24(29)27-25-26-23-15(2)4-3-5-22(23)31-25/h3-13H,1-2H3,(H,26,27,29). The summed E-state index contributed by atoms with van der Waals surface area (Å²) >= 11 is 1.45. The Labute approximate surface area is 182 Å². The predicted molar refractivity (Wildman–Crippen MR) is 125 cm³/mol. The van der Waals surface area contributed by atoms with E-state index in [2.05, 4.69) is 10.3 Å². The SMILES string of the molecule is Cc1ccc2oc(-c3ccc(C(=O)Nc4nc5c(C)cccc5s4)cc3)cc(=O)c2c1. The third kappa shape index (κ3) is 3.62. The van der Waals surface area contributed by atoms with Gasteiger partial charge in [0.15, 0.2) is 10.6 Å². The Balaban J connectivity index is 1.41. The predicted octanol–water partition coefficient (Wildman–Crippen LogP) is 5.94. The second kappa shape index (κ2) is 7.49. The van der Waals surface area contributed by atoms with Gasteiger partial charge in [-0.3, -0.25) is 14.9 Å². The summed E-state index contributed by atoms with van der Waals surface area (Å²) in [5, 5.41) is 3.99. The van der Waals surface area contributed by atoms with Crippen molar-refractivity contribution >= 4 is 43.6 Å². The molecule has 1 amide bonds. The van der Waals surface area contributed by atoms with E-state index < -0.39 is 0 Å². The molecule has 0 aliphatic rings. The molecule has 2 heterocycles. The quantitative estimate of drug-likeness (QED) is 0.388. The zero-order chi connectivity index (χ0) is 21.5. The monoisotopic (exact) mass is 426 g/mol. The molecule has 0 bridgehead atoms. The molecule has 5 aromatic rings. The zero-order valence-corrected chi connectivity index (χ0v) is 17.7. The molecular weight excluding hydrogens is 408 g/mol. The van der Waals surface area contributed by atoms with Crippen molar-refractivity contribution in [1.29, 1.82) is 0 Å². The van der Waals surface area contributed by atoms with Crippen LogP contribution in [0, 0.1) is 13.8 Å². The van der Waals surface area contributed by atoms with Crippen LogP contribution in [0.15, 0.2) is 75.9 Å². The Hall–Kier alpha value is -3.77. The van der Waals surface area contributed by atoms with Gasteiger partial charge in [0.25, 0.3) is 5.91 Å². The highest BCUT2D eigenvalue weighted by atomic mass is 32.1. The van der Waals surface area contributed by atoms with Gasteiger partial charge in [0.05, 0.1) is 15.6 Å². The van der Waals surface area contributed by atoms with Crippen LogP contribution >= 0.6 is 11.3 Å². The van der Waals surface area contributed by atoms with Gasteiger partial charge in [-0.1, -0.05) is 47.2 Å². The van der Waals surface area contributed by atoms with Crippen molar-refractivity contribution in [3.05, 3.63) is 93.6 Å². The number of hydrogen-bond acceptors (Lipinski definition) is 5. The molecule has 5 nitrogen and oxygen atoms in total. The van der Waals surface area contributed by atoms with E-state index in [0.29, 0.717) is 27.4 Å². The van der Waals surface area contributed by atoms with Gasteiger partial charge in [0, 0.05) is 17.2 Å². The first-order valence-corrected chi connectivity index (χ1v) is 10.6. The fourth-order valence-corrected chi connectivity index (χ4v) is 4.45. The Morgan fingerprint density at radius 3 is 2.58 bits per heavy atom. The zero-order valence-electron chi connectivity index (χ0n) is 16.9. The summed E-state index contributed by atoms with van der Waals surface area (Å²) in [5.41, 5.74) is 4.66. The van der Waals surface area contributed by atoms with E-state index in [1.54, 1.807) is 30.3 Å². The van der Waals surface area contributed by atoms with Crippen molar-refractivity contribution < 1.29 is 9.21 Å². The second-order valence-electron chi connectivity index (χ2n) is 7.45. The lowest BCUT2D eigenvalue weighted by atomic mass is 10.1. The van der Waals surface area contributed by atoms with E-state index in [1.165, 1.54) is 17.4 Å². The molecule has 3 aromatic carbocycles. The normalized spacial score (nSPS) is 11.2. The van der Waals surface area contributed by atoms with Crippen molar-refractivity contribution in [2.75, 3.05) is 5.32 Å². The lowest BCUT2D eigenvalue weighted by molar-refractivity contribution is 0.102. The van der Waals surface area contributed by atoms with Gasteiger partial charge in [-0.15, -0.1) is 0 Å². The summed E-state index contributed by atoms with van der Waals surface area (Å²) < 4.78 is 6.95. The Kier molecular flexibility index (Phi) is 4.64. The molecular formula is C25H18N2O3S. The minimum Gasteiger partial charge on any atom is -0.456 e. The van der Waals surface area contributed by atoms with E-state index in [1.807, 2.05) is 44.2 Å². The van der Waals surface area contributed by atoms with Crippen molar-refractivity contribution in [3.8, 4) is 11.3 Å². The topological polar surface area (TPSA) is 72.2 Å². The van der Waals surface area contributed by atoms with Crippen LogP contribution in [0.1, 0.15) is 21.5 Å². The number of thiazole rings is 1. The molecule has 0 unspecified atom stereocenters. The first kappa shape index (κ1) is 19.2. The molecule has 31 heavy (non-hydrogen) atoms. The van der Waals surface area contributed by atoms with Crippen LogP contribution in [-0.4, -0.2) is 10.9 Å². The first-order chi connectivity index (χ1) is 15.0. The Morgan fingerprint density at radius 2 is 1.81 bits per heavy atom. The number of carbonyl (C=O) groups is 1. The summed E-state index contributed by atoms with van der Waals surface area (Å²) in [6.07, 6.45) is 0. The maximum Gasteiger partial charge on any atom is 0.257 e. The lowest BCUT2D eigenvalue weighted by Gasteiger charge is -2.06. The van der Waals surface area contributed by atoms with E-state index in [4.69, 9.17) is 4.42 Å². The average molecular weight is 426 g/mol. The molecule has 5 rings (SSSR count). The van der Waals surface area contributed by atoms with Gasteiger partial charge in [-0.2, -0.15) is 0 Å². The molecule has 0 atom stereocenters. The summed E-state index contributed by atoms with van der Waals surface area (Å²) in [6, 6.07) is 20.0. The number of benzene rings is 3. The van der Waals surface area contributed by atoms with Crippen molar-refractivity contribution in [2.24, 2.45) is 0 Å². The molecule has 1 N–H and O–H groups in total. The Morgan fingerprint density at radius 1 is 1.00 bits per heavy atom. The molecule has 2 aromatic heterocycles. The molecule has 0 spiro atoms. The van der Waals surface area contributed by atoms with Crippen molar-refractivity contribution in [2.45, 2.75) is 13.8 Å². The third-order valence-corrected chi connectivity index (χ3v) is 6.09. The number of para-hydroxylation sites is 1. The molecule has 0 fully saturated rings. The number of fused-ring (bicyclic) bond motifs is 2. The number of nitrogens with one attached hydrogen (secondary N) is 1. The van der Waals surface area contributed by atoms with Crippen LogP contribution in [0.4, 0.5) is 5.13 Å². The number of rotatable bonds is 3. The van der Waals surface area contributed by atoms with E-state index in [9.17, 15) is 9.59 Å². The molecule has 0 radical (unpaired) electrons. The van der Waals surface area contributed by atoms with Crippen LogP contribution < -0.4 is 10.7 Å². The fourth-order valence-electron chi connectivity index (χ4n) is 3.51. The summed E-state index contributed by atoms with van der Waals surface area (Å²) in [5.74, 6) is 0.230. The smallest absolute Gasteiger partial charge is 0.257 e. The maximum atomic E-state index is 12.7. The van der Waals surface area contributed by atoms with Gasteiger partial charge in [-0.05, 0) is 49.7 Å². The number of aryl methyl sites for hydroxylation is 2. The van der Waals surface area contributed by atoms with Gasteiger partial charge in [-0.25, -0.2) is 4.98 Å². The van der Waals surface area contributed by atoms with Crippen LogP contribution in [0.3, 0.4) is 0 Å². The van der Waals surface area contributed by atoms with E-state index in [0.717, 1.165) is 26.9 Å². The van der Waals surface area contributed by atoms with Gasteiger partial charge < -0.3 is 4.42 Å². The molecule has 0 aliphatic heterocycles. The number of hydrogen-bond donors (Lipinski definition) is 1. The summed E-state index contributed by atoms with van der Waals surface area (Å²) in [6.45, 7) is 3.94. The van der Waals surface area contributed by atoms with Crippen LogP contribution in [0.2, 0.25) is 0 Å². The highest BCUT2D eigenvalue weighted by Gasteiger charge is 2.12. The highest BCUT2D eigenvalue weighted by Crippen LogP contribution is 2.28. The molecule has 152 valence electrons. The second-order valence-corrected chi connectivity index (χ2v) is 8.48. The lowest BCUT2D eigenvalue weighted by Crippen LogP contribution is -2.11. The molecule has 0 saturated carbocycles. The van der Waals surface area contributed by atoms with Gasteiger partial charge >= 0.3 is 0 Å². The maximum absolute atomic E-state index is 12.7. The number of aromatic nitrogens is 1. The molecule has 6 heteroatoms. The highest BCUT2D eigenvalue weighted by molar-refractivity contribution is 7.22. The first-order valence-electron chi connectivity index (χ1n) is 9.80. The van der Waals surface area contributed by atoms with Gasteiger partial charge in [0.1, 0.15) is 11.3 Å². The third-order valence-electron chi connectivity index (χ3n) is 5.16. The average Bonchev–Trinajstić information content (AvgIpc) is 3.18. The minimum atomic E-state index is -0.237.